The number of nitrogens with zero attached hydrogens (tertiary/aromatic N) is 1. The second-order valence-corrected chi connectivity index (χ2v) is 9.90. The molecule has 1 aliphatic heterocycles. The number of carbonyl (C=O) groups is 2. The number of likely N-dealkylation sites (tertiary alicyclic amines) is 1. The van der Waals surface area contributed by atoms with Gasteiger partial charge in [0.15, 0.2) is 0 Å². The molecule has 0 aromatic carbocycles. The lowest BCUT2D eigenvalue weighted by Gasteiger charge is -2.22. The summed E-state index contributed by atoms with van der Waals surface area (Å²) in [4.78, 5) is 29.1. The molecule has 2 saturated carbocycles. The minimum Gasteiger partial charge on any atom is -0.338 e. The molecule has 134 valence electrons. The van der Waals surface area contributed by atoms with Crippen LogP contribution in [0, 0.1) is 17.3 Å². The summed E-state index contributed by atoms with van der Waals surface area (Å²) in [5.74, 6) is 1.07. The van der Waals surface area contributed by atoms with Crippen LogP contribution >= 0.6 is 11.3 Å². The number of anilines is 1. The molecule has 3 aliphatic carbocycles. The van der Waals surface area contributed by atoms with E-state index < -0.39 is 0 Å². The van der Waals surface area contributed by atoms with E-state index in [0.717, 1.165) is 55.8 Å². The summed E-state index contributed by atoms with van der Waals surface area (Å²) < 4.78 is 0. The molecule has 0 radical (unpaired) electrons. The average Bonchev–Trinajstić information content (AvgIpc) is 3.47. The van der Waals surface area contributed by atoms with E-state index in [0.29, 0.717) is 11.3 Å². The van der Waals surface area contributed by atoms with E-state index >= 15 is 0 Å². The zero-order chi connectivity index (χ0) is 17.2. The number of hydrogen-bond donors (Lipinski definition) is 1. The largest absolute Gasteiger partial charge is 0.338 e. The molecule has 25 heavy (non-hydrogen) atoms. The highest BCUT2D eigenvalue weighted by Crippen LogP contribution is 2.53. The van der Waals surface area contributed by atoms with Crippen molar-refractivity contribution in [3.63, 3.8) is 0 Å². The van der Waals surface area contributed by atoms with Gasteiger partial charge >= 0.3 is 0 Å². The van der Waals surface area contributed by atoms with E-state index in [9.17, 15) is 9.59 Å². The number of amides is 2. The Morgan fingerprint density at radius 1 is 1.20 bits per heavy atom. The first kappa shape index (κ1) is 15.9. The van der Waals surface area contributed by atoms with Gasteiger partial charge in [0.2, 0.25) is 5.91 Å². The Balaban J connectivity index is 1.47. The van der Waals surface area contributed by atoms with Crippen molar-refractivity contribution >= 4 is 28.2 Å². The van der Waals surface area contributed by atoms with Crippen LogP contribution < -0.4 is 5.32 Å². The Morgan fingerprint density at radius 2 is 2.00 bits per heavy atom. The number of fused-ring (bicyclic) bond motifs is 1. The molecule has 1 spiro atoms. The van der Waals surface area contributed by atoms with Crippen LogP contribution in [0.3, 0.4) is 0 Å². The van der Waals surface area contributed by atoms with Crippen molar-refractivity contribution < 1.29 is 9.59 Å². The molecule has 0 bridgehead atoms. The van der Waals surface area contributed by atoms with Crippen molar-refractivity contribution in [2.45, 2.75) is 58.3 Å². The molecule has 1 N–H and O–H groups in total. The van der Waals surface area contributed by atoms with Crippen LogP contribution in [0.2, 0.25) is 0 Å². The SMILES string of the molecule is CC1CCc2sc(NC(=O)C3CC3)c(C(=O)N3CCC4(CC4)C3)c2C1. The predicted molar refractivity (Wildman–Crippen MR) is 99.0 cm³/mol. The second kappa shape index (κ2) is 5.57. The third-order valence-electron chi connectivity index (χ3n) is 6.59. The van der Waals surface area contributed by atoms with Crippen molar-refractivity contribution in [1.82, 2.24) is 4.90 Å². The van der Waals surface area contributed by atoms with E-state index in [-0.39, 0.29) is 17.7 Å². The third-order valence-corrected chi connectivity index (χ3v) is 7.80. The van der Waals surface area contributed by atoms with E-state index in [2.05, 4.69) is 17.1 Å². The first-order valence-electron chi connectivity index (χ1n) is 9.79. The predicted octanol–water partition coefficient (Wildman–Crippen LogP) is 3.85. The van der Waals surface area contributed by atoms with E-state index in [1.54, 1.807) is 11.3 Å². The van der Waals surface area contributed by atoms with Crippen LogP contribution in [-0.2, 0) is 17.6 Å². The smallest absolute Gasteiger partial charge is 0.257 e. The maximum absolute atomic E-state index is 13.4. The summed E-state index contributed by atoms with van der Waals surface area (Å²) >= 11 is 1.66. The third kappa shape index (κ3) is 2.80. The molecular formula is C20H26N2O2S. The highest BCUT2D eigenvalue weighted by Gasteiger charge is 2.49. The number of nitrogens with one attached hydrogen (secondary N) is 1. The van der Waals surface area contributed by atoms with Crippen LogP contribution in [0.4, 0.5) is 5.00 Å². The molecule has 2 amide bonds. The zero-order valence-electron chi connectivity index (χ0n) is 14.9. The maximum Gasteiger partial charge on any atom is 0.257 e. The van der Waals surface area contributed by atoms with Gasteiger partial charge in [-0.2, -0.15) is 0 Å². The minimum atomic E-state index is 0.112. The second-order valence-electron chi connectivity index (χ2n) is 8.80. The molecule has 2 heterocycles. The molecule has 1 saturated heterocycles. The van der Waals surface area contributed by atoms with E-state index in [4.69, 9.17) is 0 Å². The quantitative estimate of drug-likeness (QED) is 0.892. The van der Waals surface area contributed by atoms with Gasteiger partial charge in [-0.25, -0.2) is 0 Å². The highest BCUT2D eigenvalue weighted by atomic mass is 32.1. The Hall–Kier alpha value is -1.36. The van der Waals surface area contributed by atoms with Crippen LogP contribution in [0.1, 0.15) is 66.2 Å². The first-order valence-corrected chi connectivity index (χ1v) is 10.6. The van der Waals surface area contributed by atoms with Crippen LogP contribution in [0.15, 0.2) is 0 Å². The normalized spacial score (nSPS) is 26.6. The molecule has 4 nitrogen and oxygen atoms in total. The fraction of sp³-hybridized carbons (Fsp3) is 0.700. The summed E-state index contributed by atoms with van der Waals surface area (Å²) in [5.41, 5.74) is 2.51. The van der Waals surface area contributed by atoms with Crippen LogP contribution in [0.25, 0.3) is 0 Å². The van der Waals surface area contributed by atoms with Gasteiger partial charge in [-0.05, 0) is 68.3 Å². The molecular weight excluding hydrogens is 332 g/mol. The number of thiophene rings is 1. The van der Waals surface area contributed by atoms with Crippen molar-refractivity contribution in [3.8, 4) is 0 Å². The summed E-state index contributed by atoms with van der Waals surface area (Å²) in [6.07, 6.45) is 8.91. The monoisotopic (exact) mass is 358 g/mol. The standard InChI is InChI=1S/C20H26N2O2S/c1-12-2-5-15-14(10-12)16(18(25-15)21-17(23)13-3-4-13)19(24)22-9-8-20(11-22)6-7-20/h12-13H,2-11H2,1H3,(H,21,23). The first-order chi connectivity index (χ1) is 12.0. The number of carbonyl (C=O) groups excluding carboxylic acids is 2. The Bertz CT molecular complexity index is 745. The summed E-state index contributed by atoms with van der Waals surface area (Å²) in [6, 6.07) is 0. The Labute approximate surface area is 153 Å². The number of rotatable bonds is 3. The maximum atomic E-state index is 13.4. The van der Waals surface area contributed by atoms with Gasteiger partial charge < -0.3 is 10.2 Å². The van der Waals surface area contributed by atoms with E-state index in [1.807, 2.05) is 0 Å². The van der Waals surface area contributed by atoms with Crippen LogP contribution in [0.5, 0.6) is 0 Å². The van der Waals surface area contributed by atoms with Gasteiger partial charge in [0.05, 0.1) is 5.56 Å². The van der Waals surface area contributed by atoms with Gasteiger partial charge in [-0.15, -0.1) is 11.3 Å². The molecule has 4 aliphatic rings. The number of hydrogen-bond acceptors (Lipinski definition) is 3. The Kier molecular flexibility index (Phi) is 3.53. The van der Waals surface area contributed by atoms with Crippen molar-refractivity contribution in [1.29, 1.82) is 0 Å². The fourth-order valence-electron chi connectivity index (χ4n) is 4.48. The fourth-order valence-corrected chi connectivity index (χ4v) is 5.72. The molecule has 1 unspecified atom stereocenters. The molecule has 3 fully saturated rings. The minimum absolute atomic E-state index is 0.112. The lowest BCUT2D eigenvalue weighted by atomic mass is 9.87. The lowest BCUT2D eigenvalue weighted by Crippen LogP contribution is -2.31. The molecule has 1 atom stereocenters. The van der Waals surface area contributed by atoms with Gasteiger partial charge in [0.25, 0.3) is 5.91 Å². The van der Waals surface area contributed by atoms with Crippen molar-refractivity contribution in [2.75, 3.05) is 18.4 Å². The molecule has 5 rings (SSSR count). The van der Waals surface area contributed by atoms with Gasteiger partial charge in [0, 0.05) is 23.9 Å². The molecule has 5 heteroatoms. The average molecular weight is 359 g/mol. The van der Waals surface area contributed by atoms with Crippen molar-refractivity contribution in [2.24, 2.45) is 17.3 Å². The molecule has 1 aromatic heterocycles. The lowest BCUT2D eigenvalue weighted by molar-refractivity contribution is -0.117. The summed E-state index contributed by atoms with van der Waals surface area (Å²) in [7, 11) is 0. The zero-order valence-corrected chi connectivity index (χ0v) is 15.7. The molecule has 1 aromatic rings. The van der Waals surface area contributed by atoms with Crippen molar-refractivity contribution in [3.05, 3.63) is 16.0 Å². The van der Waals surface area contributed by atoms with Gasteiger partial charge in [0.1, 0.15) is 5.00 Å². The number of aryl methyl sites for hydroxylation is 1. The summed E-state index contributed by atoms with van der Waals surface area (Å²) in [6.45, 7) is 4.07. The van der Waals surface area contributed by atoms with Gasteiger partial charge in [-0.1, -0.05) is 6.92 Å². The van der Waals surface area contributed by atoms with Gasteiger partial charge in [-0.3, -0.25) is 9.59 Å². The Morgan fingerprint density at radius 3 is 2.68 bits per heavy atom. The topological polar surface area (TPSA) is 49.4 Å². The van der Waals surface area contributed by atoms with E-state index in [1.165, 1.54) is 29.7 Å². The highest BCUT2D eigenvalue weighted by molar-refractivity contribution is 7.17. The summed E-state index contributed by atoms with van der Waals surface area (Å²) in [5, 5.41) is 3.95. The van der Waals surface area contributed by atoms with Crippen LogP contribution in [-0.4, -0.2) is 29.8 Å².